The fourth-order valence-electron chi connectivity index (χ4n) is 1.44. The number of nitrogens with zero attached hydrogens (tertiary/aromatic N) is 1. The van der Waals surface area contributed by atoms with Crippen molar-refractivity contribution in [2.75, 3.05) is 0 Å². The van der Waals surface area contributed by atoms with E-state index in [1.807, 2.05) is 42.5 Å². The third-order valence-electron chi connectivity index (χ3n) is 2.35. The molecule has 0 bridgehead atoms. The Kier molecular flexibility index (Phi) is 2.64. The Morgan fingerprint density at radius 2 is 1.80 bits per heavy atom. The lowest BCUT2D eigenvalue weighted by atomic mass is 10.1. The highest BCUT2D eigenvalue weighted by Gasteiger charge is 2.02. The molecule has 0 heterocycles. The van der Waals surface area contributed by atoms with E-state index < -0.39 is 0 Å². The number of allylic oxidation sites excluding steroid dienone is 5. The predicted molar refractivity (Wildman–Crippen MR) is 65.7 cm³/mol. The summed E-state index contributed by atoms with van der Waals surface area (Å²) in [5.74, 6) is 0. The summed E-state index contributed by atoms with van der Waals surface area (Å²) in [6, 6.07) is 8.09. The standard InChI is InChI=1S/C14H13N/c1-11-7-3-5-9-13(11)15-14-10-6-4-8-12(14)2/h3-10H,1H2,2H3/b15-13-. The first-order valence-corrected chi connectivity index (χ1v) is 4.96. The van der Waals surface area contributed by atoms with Crippen molar-refractivity contribution in [2.45, 2.75) is 6.92 Å². The van der Waals surface area contributed by atoms with Crippen LogP contribution in [-0.4, -0.2) is 5.71 Å². The van der Waals surface area contributed by atoms with E-state index in [9.17, 15) is 0 Å². The van der Waals surface area contributed by atoms with E-state index in [4.69, 9.17) is 0 Å². The van der Waals surface area contributed by atoms with E-state index in [0.29, 0.717) is 0 Å². The van der Waals surface area contributed by atoms with E-state index in [-0.39, 0.29) is 0 Å². The lowest BCUT2D eigenvalue weighted by molar-refractivity contribution is 1.39. The molecule has 0 saturated carbocycles. The molecule has 0 saturated heterocycles. The van der Waals surface area contributed by atoms with Gasteiger partial charge in [0, 0.05) is 0 Å². The van der Waals surface area contributed by atoms with Gasteiger partial charge < -0.3 is 0 Å². The molecular formula is C14H13N. The molecule has 0 radical (unpaired) electrons. The monoisotopic (exact) mass is 195 g/mol. The highest BCUT2D eigenvalue weighted by Crippen LogP contribution is 2.19. The summed E-state index contributed by atoms with van der Waals surface area (Å²) >= 11 is 0. The summed E-state index contributed by atoms with van der Waals surface area (Å²) in [5.41, 5.74) is 4.09. The van der Waals surface area contributed by atoms with Gasteiger partial charge in [0.15, 0.2) is 0 Å². The number of para-hydroxylation sites is 1. The first kappa shape index (κ1) is 9.66. The van der Waals surface area contributed by atoms with Crippen LogP contribution in [0.3, 0.4) is 0 Å². The molecule has 1 nitrogen and oxygen atoms in total. The highest BCUT2D eigenvalue weighted by atomic mass is 14.7. The van der Waals surface area contributed by atoms with Crippen molar-refractivity contribution in [3.05, 3.63) is 66.3 Å². The molecule has 0 atom stereocenters. The maximum atomic E-state index is 4.58. The van der Waals surface area contributed by atoms with Gasteiger partial charge in [-0.15, -0.1) is 0 Å². The maximum Gasteiger partial charge on any atom is 0.0703 e. The second kappa shape index (κ2) is 4.09. The molecular weight excluding hydrogens is 182 g/mol. The fraction of sp³-hybridized carbons (Fsp3) is 0.0714. The highest BCUT2D eigenvalue weighted by molar-refractivity contribution is 6.12. The first-order chi connectivity index (χ1) is 7.27. The Morgan fingerprint density at radius 1 is 1.07 bits per heavy atom. The van der Waals surface area contributed by atoms with E-state index in [1.54, 1.807) is 0 Å². The van der Waals surface area contributed by atoms with Crippen molar-refractivity contribution in [1.82, 2.24) is 0 Å². The van der Waals surface area contributed by atoms with Crippen LogP contribution in [-0.2, 0) is 0 Å². The smallest absolute Gasteiger partial charge is 0.0703 e. The van der Waals surface area contributed by atoms with Gasteiger partial charge in [-0.25, -0.2) is 4.99 Å². The summed E-state index contributed by atoms with van der Waals surface area (Å²) in [5, 5.41) is 0. The normalized spacial score (nSPS) is 17.4. The molecule has 0 fully saturated rings. The number of aryl methyl sites for hydroxylation is 1. The lowest BCUT2D eigenvalue weighted by Crippen LogP contribution is -1.97. The second-order valence-corrected chi connectivity index (χ2v) is 3.53. The van der Waals surface area contributed by atoms with Gasteiger partial charge in [0.05, 0.1) is 11.4 Å². The fourth-order valence-corrected chi connectivity index (χ4v) is 1.44. The Labute approximate surface area is 90.2 Å². The van der Waals surface area contributed by atoms with Gasteiger partial charge >= 0.3 is 0 Å². The number of hydrogen-bond donors (Lipinski definition) is 0. The van der Waals surface area contributed by atoms with Gasteiger partial charge in [0.25, 0.3) is 0 Å². The van der Waals surface area contributed by atoms with Crippen molar-refractivity contribution in [3.8, 4) is 0 Å². The van der Waals surface area contributed by atoms with Crippen LogP contribution in [0.5, 0.6) is 0 Å². The minimum absolute atomic E-state index is 0.937. The summed E-state index contributed by atoms with van der Waals surface area (Å²) in [7, 11) is 0. The minimum atomic E-state index is 0.937. The summed E-state index contributed by atoms with van der Waals surface area (Å²) in [6.07, 6.45) is 7.90. The zero-order chi connectivity index (χ0) is 10.7. The van der Waals surface area contributed by atoms with Crippen LogP contribution in [0.25, 0.3) is 0 Å². The van der Waals surface area contributed by atoms with Crippen LogP contribution in [0.1, 0.15) is 5.56 Å². The molecule has 1 aromatic carbocycles. The van der Waals surface area contributed by atoms with Gasteiger partial charge in [0.1, 0.15) is 0 Å². The van der Waals surface area contributed by atoms with Crippen LogP contribution in [0.4, 0.5) is 5.69 Å². The molecule has 2 rings (SSSR count). The van der Waals surface area contributed by atoms with E-state index in [0.717, 1.165) is 17.0 Å². The number of rotatable bonds is 1. The molecule has 0 N–H and O–H groups in total. The van der Waals surface area contributed by atoms with Crippen LogP contribution in [0.2, 0.25) is 0 Å². The van der Waals surface area contributed by atoms with E-state index >= 15 is 0 Å². The SMILES string of the molecule is C=C1C=CC=C/C1=N/c1ccccc1C. The largest absolute Gasteiger partial charge is 0.248 e. The first-order valence-electron chi connectivity index (χ1n) is 4.96. The Balaban J connectivity index is 2.39. The average molecular weight is 195 g/mol. The molecule has 0 aliphatic heterocycles. The third-order valence-corrected chi connectivity index (χ3v) is 2.35. The van der Waals surface area contributed by atoms with Gasteiger partial charge in [-0.2, -0.15) is 0 Å². The molecule has 1 heteroatoms. The molecule has 15 heavy (non-hydrogen) atoms. The van der Waals surface area contributed by atoms with Crippen LogP contribution < -0.4 is 0 Å². The third kappa shape index (κ3) is 2.13. The van der Waals surface area contributed by atoms with Crippen molar-refractivity contribution in [2.24, 2.45) is 4.99 Å². The van der Waals surface area contributed by atoms with Gasteiger partial charge in [-0.05, 0) is 30.2 Å². The average Bonchev–Trinajstić information content (AvgIpc) is 2.24. The van der Waals surface area contributed by atoms with Crippen LogP contribution in [0, 0.1) is 6.92 Å². The Morgan fingerprint density at radius 3 is 2.53 bits per heavy atom. The molecule has 0 unspecified atom stereocenters. The number of benzene rings is 1. The zero-order valence-electron chi connectivity index (χ0n) is 8.77. The van der Waals surface area contributed by atoms with Crippen molar-refractivity contribution < 1.29 is 0 Å². The maximum absolute atomic E-state index is 4.58. The molecule has 74 valence electrons. The second-order valence-electron chi connectivity index (χ2n) is 3.53. The molecule has 1 aliphatic rings. The van der Waals surface area contributed by atoms with Gasteiger partial charge in [-0.3, -0.25) is 0 Å². The quantitative estimate of drug-likeness (QED) is 0.647. The molecule has 0 spiro atoms. The molecule has 0 amide bonds. The topological polar surface area (TPSA) is 12.4 Å². The molecule has 1 aliphatic carbocycles. The number of hydrogen-bond acceptors (Lipinski definition) is 1. The van der Waals surface area contributed by atoms with Crippen LogP contribution >= 0.6 is 0 Å². The molecule has 1 aromatic rings. The molecule has 0 aromatic heterocycles. The van der Waals surface area contributed by atoms with Crippen molar-refractivity contribution >= 4 is 11.4 Å². The summed E-state index contributed by atoms with van der Waals surface area (Å²) < 4.78 is 0. The predicted octanol–water partition coefficient (Wildman–Crippen LogP) is 3.75. The van der Waals surface area contributed by atoms with Gasteiger partial charge in [-0.1, -0.05) is 43.0 Å². The summed E-state index contributed by atoms with van der Waals surface area (Å²) in [6.45, 7) is 6.01. The summed E-state index contributed by atoms with van der Waals surface area (Å²) in [4.78, 5) is 4.58. The van der Waals surface area contributed by atoms with Gasteiger partial charge in [0.2, 0.25) is 0 Å². The zero-order valence-corrected chi connectivity index (χ0v) is 8.77. The van der Waals surface area contributed by atoms with Crippen molar-refractivity contribution in [3.63, 3.8) is 0 Å². The van der Waals surface area contributed by atoms with E-state index in [2.05, 4.69) is 24.6 Å². The van der Waals surface area contributed by atoms with Crippen LogP contribution in [0.15, 0.2) is 65.7 Å². The number of aliphatic imine (C=N–C) groups is 1. The Hall–Kier alpha value is -1.89. The van der Waals surface area contributed by atoms with E-state index in [1.165, 1.54) is 5.56 Å². The lowest BCUT2D eigenvalue weighted by Gasteiger charge is -2.06. The minimum Gasteiger partial charge on any atom is -0.248 e. The van der Waals surface area contributed by atoms with Crippen molar-refractivity contribution in [1.29, 1.82) is 0 Å². The Bertz CT molecular complexity index is 476.